The molecule has 0 N–H and O–H groups in total. The molecule has 2 aromatic carbocycles. The first kappa shape index (κ1) is 10.4. The number of halogens is 1. The van der Waals surface area contributed by atoms with Gasteiger partial charge in [-0.2, -0.15) is 0 Å². The Morgan fingerprint density at radius 3 is 1.50 bits per heavy atom. The van der Waals surface area contributed by atoms with Crippen molar-refractivity contribution >= 4 is 17.5 Å². The molecular formula is C13H10FNO. The summed E-state index contributed by atoms with van der Waals surface area (Å²) in [6.45, 7) is 0. The lowest BCUT2D eigenvalue weighted by molar-refractivity contribution is 0.230. The third kappa shape index (κ3) is 2.08. The van der Waals surface area contributed by atoms with Crippen molar-refractivity contribution < 1.29 is 9.18 Å². The fourth-order valence-electron chi connectivity index (χ4n) is 1.51. The number of carbonyl (C=O) groups is 1. The lowest BCUT2D eigenvalue weighted by Gasteiger charge is -2.18. The van der Waals surface area contributed by atoms with Gasteiger partial charge in [-0.05, 0) is 24.3 Å². The van der Waals surface area contributed by atoms with Crippen molar-refractivity contribution in [3.05, 3.63) is 60.7 Å². The van der Waals surface area contributed by atoms with Crippen molar-refractivity contribution in [2.45, 2.75) is 0 Å². The summed E-state index contributed by atoms with van der Waals surface area (Å²) in [5.74, 6) is 0. The molecule has 0 unspecified atom stereocenters. The first-order valence-corrected chi connectivity index (χ1v) is 4.89. The van der Waals surface area contributed by atoms with Crippen molar-refractivity contribution in [1.82, 2.24) is 0 Å². The molecule has 3 heteroatoms. The molecule has 0 aliphatic rings. The van der Waals surface area contributed by atoms with Gasteiger partial charge in [0.15, 0.2) is 0 Å². The summed E-state index contributed by atoms with van der Waals surface area (Å²) in [4.78, 5) is 12.0. The summed E-state index contributed by atoms with van der Waals surface area (Å²) < 4.78 is 13.0. The van der Waals surface area contributed by atoms with Gasteiger partial charge in [-0.15, -0.1) is 4.39 Å². The van der Waals surface area contributed by atoms with Gasteiger partial charge in [0.25, 0.3) is 0 Å². The molecule has 0 atom stereocenters. The number of benzene rings is 2. The van der Waals surface area contributed by atoms with E-state index in [1.54, 1.807) is 48.5 Å². The number of carbonyl (C=O) groups excluding carboxylic acids is 1. The fraction of sp³-hybridized carbons (Fsp3) is 0. The second-order valence-corrected chi connectivity index (χ2v) is 3.26. The summed E-state index contributed by atoms with van der Waals surface area (Å²) in [6, 6.07) is 17.4. The molecule has 80 valence electrons. The van der Waals surface area contributed by atoms with Crippen LogP contribution in [0.4, 0.5) is 20.6 Å². The van der Waals surface area contributed by atoms with Gasteiger partial charge in [0.05, 0.1) is 11.4 Å². The van der Waals surface area contributed by atoms with E-state index in [9.17, 15) is 9.18 Å². The number of hydrogen-bond donors (Lipinski definition) is 0. The third-order valence-corrected chi connectivity index (χ3v) is 2.20. The van der Waals surface area contributed by atoms with Crippen molar-refractivity contribution in [3.63, 3.8) is 0 Å². The average Bonchev–Trinajstić information content (AvgIpc) is 2.31. The maximum Gasteiger partial charge on any atom is 0.409 e. The summed E-state index contributed by atoms with van der Waals surface area (Å²) in [5, 5.41) is 0. The Hall–Kier alpha value is -2.16. The summed E-state index contributed by atoms with van der Waals surface area (Å²) in [6.07, 6.45) is -1.49. The maximum absolute atomic E-state index is 13.0. The summed E-state index contributed by atoms with van der Waals surface area (Å²) in [5.41, 5.74) is 1.03. The topological polar surface area (TPSA) is 20.3 Å². The molecule has 0 aliphatic heterocycles. The van der Waals surface area contributed by atoms with E-state index in [4.69, 9.17) is 0 Å². The number of rotatable bonds is 2. The minimum Gasteiger partial charge on any atom is -0.253 e. The Morgan fingerprint density at radius 2 is 1.19 bits per heavy atom. The van der Waals surface area contributed by atoms with Crippen LogP contribution in [0.3, 0.4) is 0 Å². The predicted molar refractivity (Wildman–Crippen MR) is 61.5 cm³/mol. The summed E-state index contributed by atoms with van der Waals surface area (Å²) >= 11 is 0. The SMILES string of the molecule is O=C(F)N(c1ccccc1)c1ccccc1. The molecule has 0 spiro atoms. The van der Waals surface area contributed by atoms with Crippen LogP contribution in [0.1, 0.15) is 0 Å². The molecule has 0 saturated carbocycles. The van der Waals surface area contributed by atoms with Gasteiger partial charge in [0.1, 0.15) is 0 Å². The molecule has 0 fully saturated rings. The van der Waals surface area contributed by atoms with Crippen molar-refractivity contribution in [1.29, 1.82) is 0 Å². The van der Waals surface area contributed by atoms with Crippen LogP contribution in [0.25, 0.3) is 0 Å². The lowest BCUT2D eigenvalue weighted by atomic mass is 10.2. The van der Waals surface area contributed by atoms with Crippen LogP contribution < -0.4 is 4.90 Å². The molecule has 0 radical (unpaired) electrons. The van der Waals surface area contributed by atoms with E-state index in [1.807, 2.05) is 12.1 Å². The number of nitrogens with zero attached hydrogens (tertiary/aromatic N) is 1. The average molecular weight is 215 g/mol. The van der Waals surface area contributed by atoms with Gasteiger partial charge in [-0.3, -0.25) is 4.90 Å². The molecule has 16 heavy (non-hydrogen) atoms. The van der Waals surface area contributed by atoms with E-state index >= 15 is 0 Å². The summed E-state index contributed by atoms with van der Waals surface area (Å²) in [7, 11) is 0. The highest BCUT2D eigenvalue weighted by Gasteiger charge is 2.16. The molecular weight excluding hydrogens is 205 g/mol. The Morgan fingerprint density at radius 1 is 0.812 bits per heavy atom. The van der Waals surface area contributed by atoms with Gasteiger partial charge < -0.3 is 0 Å². The highest BCUT2D eigenvalue weighted by molar-refractivity contribution is 5.95. The van der Waals surface area contributed by atoms with Gasteiger partial charge in [0, 0.05) is 0 Å². The molecule has 2 nitrogen and oxygen atoms in total. The molecule has 0 bridgehead atoms. The highest BCUT2D eigenvalue weighted by atomic mass is 19.1. The fourth-order valence-corrected chi connectivity index (χ4v) is 1.51. The minimum absolute atomic E-state index is 0.515. The Kier molecular flexibility index (Phi) is 2.96. The Labute approximate surface area is 92.9 Å². The largest absolute Gasteiger partial charge is 0.409 e. The maximum atomic E-state index is 13.0. The Bertz CT molecular complexity index is 430. The lowest BCUT2D eigenvalue weighted by Crippen LogP contribution is -2.19. The molecule has 0 heterocycles. The van der Waals surface area contributed by atoms with Gasteiger partial charge in [-0.25, -0.2) is 4.79 Å². The van der Waals surface area contributed by atoms with Gasteiger partial charge in [0.2, 0.25) is 0 Å². The van der Waals surface area contributed by atoms with Crippen LogP contribution in [-0.2, 0) is 0 Å². The zero-order valence-corrected chi connectivity index (χ0v) is 8.51. The van der Waals surface area contributed by atoms with Crippen LogP contribution in [0.5, 0.6) is 0 Å². The van der Waals surface area contributed by atoms with Crippen molar-refractivity contribution in [2.24, 2.45) is 0 Å². The number of anilines is 2. The number of hydrogen-bond acceptors (Lipinski definition) is 1. The van der Waals surface area contributed by atoms with E-state index in [0.717, 1.165) is 4.90 Å². The van der Waals surface area contributed by atoms with E-state index in [-0.39, 0.29) is 0 Å². The number of para-hydroxylation sites is 2. The van der Waals surface area contributed by atoms with Gasteiger partial charge >= 0.3 is 6.16 Å². The number of amides is 1. The van der Waals surface area contributed by atoms with Crippen molar-refractivity contribution in [2.75, 3.05) is 4.90 Å². The molecule has 1 amide bonds. The smallest absolute Gasteiger partial charge is 0.253 e. The van der Waals surface area contributed by atoms with Crippen LogP contribution in [-0.4, -0.2) is 6.16 Å². The van der Waals surface area contributed by atoms with E-state index in [0.29, 0.717) is 11.4 Å². The molecule has 0 aliphatic carbocycles. The van der Waals surface area contributed by atoms with Crippen LogP contribution in [0.15, 0.2) is 60.7 Å². The second-order valence-electron chi connectivity index (χ2n) is 3.26. The normalized spacial score (nSPS) is 9.81. The quantitative estimate of drug-likeness (QED) is 0.549. The van der Waals surface area contributed by atoms with E-state index < -0.39 is 6.16 Å². The molecule has 2 rings (SSSR count). The van der Waals surface area contributed by atoms with E-state index in [2.05, 4.69) is 0 Å². The van der Waals surface area contributed by atoms with Crippen LogP contribution >= 0.6 is 0 Å². The first-order chi connectivity index (χ1) is 7.79. The third-order valence-electron chi connectivity index (χ3n) is 2.20. The Balaban J connectivity index is 2.44. The molecule has 0 aromatic heterocycles. The van der Waals surface area contributed by atoms with E-state index in [1.165, 1.54) is 0 Å². The van der Waals surface area contributed by atoms with Crippen LogP contribution in [0, 0.1) is 0 Å². The molecule has 0 saturated heterocycles. The van der Waals surface area contributed by atoms with Crippen molar-refractivity contribution in [3.8, 4) is 0 Å². The van der Waals surface area contributed by atoms with Gasteiger partial charge in [-0.1, -0.05) is 36.4 Å². The standard InChI is InChI=1S/C13H10FNO/c14-13(16)15(11-7-3-1-4-8-11)12-9-5-2-6-10-12/h1-10H. The zero-order valence-electron chi connectivity index (χ0n) is 8.51. The second kappa shape index (κ2) is 4.57. The minimum atomic E-state index is -1.49. The predicted octanol–water partition coefficient (Wildman–Crippen LogP) is 3.91. The van der Waals surface area contributed by atoms with Crippen LogP contribution in [0.2, 0.25) is 0 Å². The zero-order chi connectivity index (χ0) is 11.4. The highest BCUT2D eigenvalue weighted by Crippen LogP contribution is 2.25. The molecule has 2 aromatic rings. The monoisotopic (exact) mass is 215 g/mol. The first-order valence-electron chi connectivity index (χ1n) is 4.89.